The zero-order valence-electron chi connectivity index (χ0n) is 16.0. The normalized spacial score (nSPS) is 11.8. The fourth-order valence-electron chi connectivity index (χ4n) is 2.82. The molecule has 0 aliphatic heterocycles. The predicted octanol–water partition coefficient (Wildman–Crippen LogP) is 5.88. The molecule has 0 fully saturated rings. The second-order valence-electron chi connectivity index (χ2n) is 6.56. The molecule has 2 aromatic carbocycles. The highest BCUT2D eigenvalue weighted by atomic mass is 35.5. The number of carbonyl (C=O) groups is 1. The Morgan fingerprint density at radius 1 is 1.13 bits per heavy atom. The molecule has 0 aliphatic rings. The summed E-state index contributed by atoms with van der Waals surface area (Å²) < 4.78 is 44.4. The van der Waals surface area contributed by atoms with Gasteiger partial charge in [-0.2, -0.15) is 18.4 Å². The first kappa shape index (κ1) is 22.2. The van der Waals surface area contributed by atoms with E-state index in [4.69, 9.17) is 16.0 Å². The molecule has 1 N–H and O–H groups in total. The topological polar surface area (TPSA) is 66.0 Å². The highest BCUT2D eigenvalue weighted by Crippen LogP contribution is 2.36. The van der Waals surface area contributed by atoms with Crippen LogP contribution in [0.4, 0.5) is 13.2 Å². The van der Waals surface area contributed by atoms with E-state index in [0.29, 0.717) is 13.0 Å². The minimum atomic E-state index is -4.53. The van der Waals surface area contributed by atoms with Crippen molar-refractivity contribution < 1.29 is 22.4 Å². The first-order valence-corrected chi connectivity index (χ1v) is 9.56. The number of nitriles is 1. The number of amides is 1. The molecule has 158 valence electrons. The first-order chi connectivity index (χ1) is 14.8. The van der Waals surface area contributed by atoms with Crippen LogP contribution in [0.2, 0.25) is 5.02 Å². The number of nitrogens with zero attached hydrogens (tertiary/aromatic N) is 1. The monoisotopic (exact) mass is 444 g/mol. The van der Waals surface area contributed by atoms with Crippen LogP contribution in [-0.2, 0) is 17.4 Å². The summed E-state index contributed by atoms with van der Waals surface area (Å²) in [6.07, 6.45) is -2.70. The molecule has 3 aromatic rings. The fraction of sp³-hybridized carbons (Fsp3) is 0.130. The zero-order valence-corrected chi connectivity index (χ0v) is 16.8. The Hall–Kier alpha value is -3.50. The Morgan fingerprint density at radius 3 is 2.55 bits per heavy atom. The Morgan fingerprint density at radius 2 is 1.87 bits per heavy atom. The molecule has 0 aliphatic carbocycles. The van der Waals surface area contributed by atoms with Gasteiger partial charge in [0.15, 0.2) is 0 Å². The van der Waals surface area contributed by atoms with Gasteiger partial charge in [0.2, 0.25) is 0 Å². The molecule has 3 rings (SSSR count). The molecule has 0 saturated carbocycles. The summed E-state index contributed by atoms with van der Waals surface area (Å²) in [6.45, 7) is 0.338. The molecule has 4 nitrogen and oxygen atoms in total. The van der Waals surface area contributed by atoms with Crippen LogP contribution in [0.1, 0.15) is 16.9 Å². The van der Waals surface area contributed by atoms with E-state index in [1.807, 2.05) is 30.3 Å². The number of nitrogens with one attached hydrogen (secondary N) is 1. The van der Waals surface area contributed by atoms with Crippen LogP contribution in [0.5, 0.6) is 0 Å². The van der Waals surface area contributed by atoms with Crippen molar-refractivity contribution in [2.75, 3.05) is 6.54 Å². The highest BCUT2D eigenvalue weighted by Gasteiger charge is 2.31. The number of hydrogen-bond acceptors (Lipinski definition) is 3. The van der Waals surface area contributed by atoms with E-state index >= 15 is 0 Å². The van der Waals surface area contributed by atoms with Gasteiger partial charge in [0.1, 0.15) is 23.2 Å². The van der Waals surface area contributed by atoms with Crippen molar-refractivity contribution in [1.82, 2.24) is 5.32 Å². The maximum Gasteiger partial charge on any atom is 0.416 e. The quantitative estimate of drug-likeness (QED) is 0.381. The van der Waals surface area contributed by atoms with Gasteiger partial charge in [-0.1, -0.05) is 41.9 Å². The maximum absolute atomic E-state index is 13.0. The third-order valence-electron chi connectivity index (χ3n) is 4.38. The summed E-state index contributed by atoms with van der Waals surface area (Å²) in [5, 5.41) is 12.0. The van der Waals surface area contributed by atoms with Gasteiger partial charge in [0, 0.05) is 18.2 Å². The van der Waals surface area contributed by atoms with Crippen molar-refractivity contribution in [3.8, 4) is 17.4 Å². The second kappa shape index (κ2) is 9.54. The summed E-state index contributed by atoms with van der Waals surface area (Å²) in [4.78, 5) is 12.3. The molecule has 31 heavy (non-hydrogen) atoms. The van der Waals surface area contributed by atoms with Gasteiger partial charge in [-0.25, -0.2) is 0 Å². The molecule has 0 atom stereocenters. The van der Waals surface area contributed by atoms with Gasteiger partial charge >= 0.3 is 6.18 Å². The molecule has 0 bridgehead atoms. The van der Waals surface area contributed by atoms with E-state index in [1.165, 1.54) is 18.2 Å². The van der Waals surface area contributed by atoms with Gasteiger partial charge in [-0.3, -0.25) is 4.79 Å². The maximum atomic E-state index is 13.0. The highest BCUT2D eigenvalue weighted by molar-refractivity contribution is 6.33. The molecule has 8 heteroatoms. The Bertz CT molecular complexity index is 1150. The van der Waals surface area contributed by atoms with Crippen molar-refractivity contribution in [3.05, 3.63) is 88.1 Å². The van der Waals surface area contributed by atoms with Crippen LogP contribution in [0, 0.1) is 11.3 Å². The van der Waals surface area contributed by atoms with Crippen LogP contribution >= 0.6 is 11.6 Å². The Labute approximate surface area is 181 Å². The van der Waals surface area contributed by atoms with Crippen molar-refractivity contribution in [2.45, 2.75) is 12.6 Å². The van der Waals surface area contributed by atoms with Gasteiger partial charge < -0.3 is 9.73 Å². The second-order valence-corrected chi connectivity index (χ2v) is 6.96. The first-order valence-electron chi connectivity index (χ1n) is 9.19. The number of benzene rings is 2. The number of furan rings is 1. The summed E-state index contributed by atoms with van der Waals surface area (Å²) >= 11 is 6.02. The largest absolute Gasteiger partial charge is 0.457 e. The lowest BCUT2D eigenvalue weighted by Gasteiger charge is -2.09. The predicted molar refractivity (Wildman–Crippen MR) is 111 cm³/mol. The van der Waals surface area contributed by atoms with E-state index < -0.39 is 17.6 Å². The average molecular weight is 445 g/mol. The average Bonchev–Trinajstić information content (AvgIpc) is 3.20. The standard InChI is InChI=1S/C23H16ClF3N2O2/c24-20-8-6-17(23(25,26)27)13-19(20)21-9-7-18(31-21)12-16(14-28)22(30)29-11-10-15-4-2-1-3-5-15/h1-9,12-13H,10-11H2,(H,29,30). The third kappa shape index (κ3) is 5.77. The molecule has 0 radical (unpaired) electrons. The van der Waals surface area contributed by atoms with Crippen molar-refractivity contribution in [1.29, 1.82) is 5.26 Å². The molecule has 1 amide bonds. The zero-order chi connectivity index (χ0) is 22.4. The van der Waals surface area contributed by atoms with Crippen molar-refractivity contribution in [2.24, 2.45) is 0 Å². The smallest absolute Gasteiger partial charge is 0.416 e. The van der Waals surface area contributed by atoms with Crippen molar-refractivity contribution in [3.63, 3.8) is 0 Å². The van der Waals surface area contributed by atoms with Crippen LogP contribution < -0.4 is 5.32 Å². The Kier molecular flexibility index (Phi) is 6.83. The van der Waals surface area contributed by atoms with Crippen LogP contribution in [0.25, 0.3) is 17.4 Å². The van der Waals surface area contributed by atoms with Crippen molar-refractivity contribution >= 4 is 23.6 Å². The van der Waals surface area contributed by atoms with Gasteiger partial charge in [-0.15, -0.1) is 0 Å². The molecular formula is C23H16ClF3N2O2. The van der Waals surface area contributed by atoms with Gasteiger partial charge in [-0.05, 0) is 42.3 Å². The fourth-order valence-corrected chi connectivity index (χ4v) is 3.03. The summed E-state index contributed by atoms with van der Waals surface area (Å²) in [5.74, 6) is -0.351. The third-order valence-corrected chi connectivity index (χ3v) is 4.71. The van der Waals surface area contributed by atoms with Crippen LogP contribution in [0.15, 0.2) is 70.7 Å². The van der Waals surface area contributed by atoms with Crippen LogP contribution in [-0.4, -0.2) is 12.5 Å². The lowest BCUT2D eigenvalue weighted by atomic mass is 10.1. The van der Waals surface area contributed by atoms with Gasteiger partial charge in [0.25, 0.3) is 5.91 Å². The van der Waals surface area contributed by atoms with E-state index in [2.05, 4.69) is 5.32 Å². The Balaban J connectivity index is 1.73. The number of rotatable bonds is 6. The lowest BCUT2D eigenvalue weighted by Crippen LogP contribution is -2.26. The van der Waals surface area contributed by atoms with E-state index in [0.717, 1.165) is 23.8 Å². The number of carbonyl (C=O) groups excluding carboxylic acids is 1. The lowest BCUT2D eigenvalue weighted by molar-refractivity contribution is -0.137. The summed E-state index contributed by atoms with van der Waals surface area (Å²) in [5.41, 5.74) is 0.0425. The van der Waals surface area contributed by atoms with Crippen LogP contribution in [0.3, 0.4) is 0 Å². The molecule has 0 saturated heterocycles. The number of alkyl halides is 3. The number of halogens is 4. The van der Waals surface area contributed by atoms with E-state index in [-0.39, 0.29) is 27.7 Å². The summed E-state index contributed by atoms with van der Waals surface area (Å²) in [6, 6.07) is 17.1. The SMILES string of the molecule is N#CC(=Cc1ccc(-c2cc(C(F)(F)F)ccc2Cl)o1)C(=O)NCCc1ccccc1. The minimum Gasteiger partial charge on any atom is -0.457 e. The molecule has 0 unspecified atom stereocenters. The molecule has 1 aromatic heterocycles. The van der Waals surface area contributed by atoms with Gasteiger partial charge in [0.05, 0.1) is 10.6 Å². The molecule has 0 spiro atoms. The molecule has 1 heterocycles. The molecular weight excluding hydrogens is 429 g/mol. The minimum absolute atomic E-state index is 0.0574. The van der Waals surface area contributed by atoms with E-state index in [1.54, 1.807) is 6.07 Å². The summed E-state index contributed by atoms with van der Waals surface area (Å²) in [7, 11) is 0. The van der Waals surface area contributed by atoms with E-state index in [9.17, 15) is 23.2 Å². The number of hydrogen-bond donors (Lipinski definition) is 1.